The zero-order valence-electron chi connectivity index (χ0n) is 9.97. The Labute approximate surface area is 100 Å². The van der Waals surface area contributed by atoms with Crippen molar-refractivity contribution in [2.45, 2.75) is 20.0 Å². The molecule has 2 heterocycles. The third kappa shape index (κ3) is 2.51. The first-order chi connectivity index (χ1) is 7.66. The predicted octanol–water partition coefficient (Wildman–Crippen LogP) is 2.42. The average Bonchev–Trinajstić information content (AvgIpc) is 2.79. The number of hydrogen-bond donors (Lipinski definition) is 0. The molecule has 0 spiro atoms. The van der Waals surface area contributed by atoms with Crippen molar-refractivity contribution in [1.29, 1.82) is 0 Å². The van der Waals surface area contributed by atoms with Crippen LogP contribution in [0.5, 0.6) is 0 Å². The number of hydrogen-bond acceptors (Lipinski definition) is 3. The quantitative estimate of drug-likeness (QED) is 0.811. The highest BCUT2D eigenvalue weighted by Gasteiger charge is 2.07. The summed E-state index contributed by atoms with van der Waals surface area (Å²) in [5, 5.41) is 2.15. The highest BCUT2D eigenvalue weighted by molar-refractivity contribution is 7.10. The molecule has 0 aliphatic heterocycles. The van der Waals surface area contributed by atoms with Gasteiger partial charge in [-0.2, -0.15) is 0 Å². The molecule has 86 valence electrons. The molecular weight excluding hydrogens is 218 g/mol. The van der Waals surface area contributed by atoms with Crippen molar-refractivity contribution in [1.82, 2.24) is 14.5 Å². The van der Waals surface area contributed by atoms with Crippen LogP contribution in [0, 0.1) is 6.92 Å². The van der Waals surface area contributed by atoms with Gasteiger partial charge < -0.3 is 4.57 Å². The van der Waals surface area contributed by atoms with Gasteiger partial charge in [-0.1, -0.05) is 0 Å². The van der Waals surface area contributed by atoms with E-state index in [4.69, 9.17) is 0 Å². The van der Waals surface area contributed by atoms with Gasteiger partial charge in [0.25, 0.3) is 0 Å². The van der Waals surface area contributed by atoms with Crippen LogP contribution in [0.4, 0.5) is 0 Å². The van der Waals surface area contributed by atoms with E-state index in [9.17, 15) is 0 Å². The standard InChI is InChI=1S/C12H17N3S/c1-10-4-7-16-11(10)8-14(2)9-12-13-5-6-15(12)3/h4-7H,8-9H2,1-3H3. The van der Waals surface area contributed by atoms with E-state index >= 15 is 0 Å². The molecule has 3 nitrogen and oxygen atoms in total. The minimum absolute atomic E-state index is 0.890. The van der Waals surface area contributed by atoms with Crippen LogP contribution in [-0.4, -0.2) is 21.5 Å². The predicted molar refractivity (Wildman–Crippen MR) is 67.4 cm³/mol. The highest BCUT2D eigenvalue weighted by Crippen LogP contribution is 2.17. The normalized spacial score (nSPS) is 11.2. The largest absolute Gasteiger partial charge is 0.337 e. The van der Waals surface area contributed by atoms with E-state index in [2.05, 4.69) is 39.9 Å². The lowest BCUT2D eigenvalue weighted by Gasteiger charge is -2.15. The molecule has 0 atom stereocenters. The molecule has 4 heteroatoms. The van der Waals surface area contributed by atoms with Crippen LogP contribution in [0.2, 0.25) is 0 Å². The maximum absolute atomic E-state index is 4.33. The summed E-state index contributed by atoms with van der Waals surface area (Å²) in [6, 6.07) is 2.18. The fourth-order valence-corrected chi connectivity index (χ4v) is 2.64. The van der Waals surface area contributed by atoms with Crippen molar-refractivity contribution < 1.29 is 0 Å². The summed E-state index contributed by atoms with van der Waals surface area (Å²) in [7, 11) is 4.17. The van der Waals surface area contributed by atoms with Crippen LogP contribution in [0.1, 0.15) is 16.3 Å². The van der Waals surface area contributed by atoms with Gasteiger partial charge in [0.15, 0.2) is 0 Å². The summed E-state index contributed by atoms with van der Waals surface area (Å²) in [5.41, 5.74) is 1.39. The Bertz CT molecular complexity index is 416. The second kappa shape index (κ2) is 4.80. The first-order valence-corrected chi connectivity index (χ1v) is 6.22. The molecule has 0 saturated heterocycles. The Morgan fingerprint density at radius 2 is 2.25 bits per heavy atom. The molecule has 0 aromatic carbocycles. The van der Waals surface area contributed by atoms with Crippen molar-refractivity contribution >= 4 is 11.3 Å². The first-order valence-electron chi connectivity index (χ1n) is 5.34. The van der Waals surface area contributed by atoms with E-state index in [1.165, 1.54) is 10.4 Å². The van der Waals surface area contributed by atoms with Crippen LogP contribution < -0.4 is 0 Å². The molecule has 0 aliphatic rings. The van der Waals surface area contributed by atoms with Crippen molar-refractivity contribution in [2.75, 3.05) is 7.05 Å². The molecule has 0 bridgehead atoms. The van der Waals surface area contributed by atoms with Gasteiger partial charge in [0.05, 0.1) is 6.54 Å². The van der Waals surface area contributed by atoms with E-state index in [0.717, 1.165) is 18.9 Å². The lowest BCUT2D eigenvalue weighted by atomic mass is 10.3. The van der Waals surface area contributed by atoms with Gasteiger partial charge in [-0.05, 0) is 31.0 Å². The number of imidazole rings is 1. The van der Waals surface area contributed by atoms with Gasteiger partial charge in [-0.25, -0.2) is 4.98 Å². The van der Waals surface area contributed by atoms with Crippen molar-refractivity contribution in [3.63, 3.8) is 0 Å². The monoisotopic (exact) mass is 235 g/mol. The lowest BCUT2D eigenvalue weighted by molar-refractivity contribution is 0.309. The zero-order chi connectivity index (χ0) is 11.5. The van der Waals surface area contributed by atoms with E-state index in [1.807, 2.05) is 30.8 Å². The molecule has 2 rings (SSSR count). The Hall–Kier alpha value is -1.13. The van der Waals surface area contributed by atoms with Crippen LogP contribution in [0.3, 0.4) is 0 Å². The molecule has 16 heavy (non-hydrogen) atoms. The molecule has 0 aliphatic carbocycles. The SMILES string of the molecule is Cc1ccsc1CN(C)Cc1nccn1C. The minimum atomic E-state index is 0.890. The summed E-state index contributed by atoms with van der Waals surface area (Å²) in [4.78, 5) is 8.07. The number of aryl methyl sites for hydroxylation is 2. The number of rotatable bonds is 4. The second-order valence-corrected chi connectivity index (χ2v) is 5.15. The fourth-order valence-electron chi connectivity index (χ4n) is 1.66. The summed E-state index contributed by atoms with van der Waals surface area (Å²) >= 11 is 1.83. The van der Waals surface area contributed by atoms with Gasteiger partial charge in [0, 0.05) is 30.9 Å². The van der Waals surface area contributed by atoms with Gasteiger partial charge in [0.1, 0.15) is 5.82 Å². The van der Waals surface area contributed by atoms with Crippen molar-refractivity contribution in [3.05, 3.63) is 40.1 Å². The highest BCUT2D eigenvalue weighted by atomic mass is 32.1. The molecule has 0 fully saturated rings. The Balaban J connectivity index is 1.97. The molecule has 0 saturated carbocycles. The summed E-state index contributed by atoms with van der Waals surface area (Å²) < 4.78 is 2.07. The summed E-state index contributed by atoms with van der Waals surface area (Å²) in [6.45, 7) is 4.05. The topological polar surface area (TPSA) is 21.1 Å². The Morgan fingerprint density at radius 1 is 1.44 bits per heavy atom. The molecule has 0 amide bonds. The number of nitrogens with zero attached hydrogens (tertiary/aromatic N) is 3. The molecule has 0 N–H and O–H groups in total. The third-order valence-electron chi connectivity index (χ3n) is 2.71. The van der Waals surface area contributed by atoms with Crippen LogP contribution >= 0.6 is 11.3 Å². The first kappa shape index (κ1) is 11.4. The lowest BCUT2D eigenvalue weighted by Crippen LogP contribution is -2.19. The minimum Gasteiger partial charge on any atom is -0.337 e. The van der Waals surface area contributed by atoms with Crippen molar-refractivity contribution in [2.24, 2.45) is 7.05 Å². The molecule has 2 aromatic rings. The van der Waals surface area contributed by atoms with Gasteiger partial charge in [-0.15, -0.1) is 11.3 Å². The molecule has 0 unspecified atom stereocenters. The van der Waals surface area contributed by atoms with Crippen LogP contribution in [0.25, 0.3) is 0 Å². The molecular formula is C12H17N3S. The summed E-state index contributed by atoms with van der Waals surface area (Å²) in [5.74, 6) is 1.11. The van der Waals surface area contributed by atoms with Crippen molar-refractivity contribution in [3.8, 4) is 0 Å². The maximum atomic E-state index is 4.33. The van der Waals surface area contributed by atoms with E-state index in [-0.39, 0.29) is 0 Å². The van der Waals surface area contributed by atoms with E-state index in [0.29, 0.717) is 0 Å². The smallest absolute Gasteiger partial charge is 0.122 e. The van der Waals surface area contributed by atoms with E-state index < -0.39 is 0 Å². The van der Waals surface area contributed by atoms with Crippen LogP contribution in [0.15, 0.2) is 23.8 Å². The Kier molecular flexibility index (Phi) is 3.41. The zero-order valence-corrected chi connectivity index (χ0v) is 10.8. The number of thiophene rings is 1. The number of aromatic nitrogens is 2. The third-order valence-corrected chi connectivity index (χ3v) is 3.72. The molecule has 0 radical (unpaired) electrons. The Morgan fingerprint density at radius 3 is 2.81 bits per heavy atom. The second-order valence-electron chi connectivity index (χ2n) is 4.15. The molecule has 2 aromatic heterocycles. The average molecular weight is 235 g/mol. The van der Waals surface area contributed by atoms with Gasteiger partial charge >= 0.3 is 0 Å². The fraction of sp³-hybridized carbons (Fsp3) is 0.417. The maximum Gasteiger partial charge on any atom is 0.122 e. The van der Waals surface area contributed by atoms with Crippen LogP contribution in [-0.2, 0) is 20.1 Å². The summed E-state index contributed by atoms with van der Waals surface area (Å²) in [6.07, 6.45) is 3.83. The van der Waals surface area contributed by atoms with E-state index in [1.54, 1.807) is 0 Å². The van der Waals surface area contributed by atoms with Gasteiger partial charge in [0.2, 0.25) is 0 Å². The van der Waals surface area contributed by atoms with Gasteiger partial charge in [-0.3, -0.25) is 4.90 Å².